The largest absolute Gasteiger partial charge is 0.496 e. The van der Waals surface area contributed by atoms with Gasteiger partial charge in [-0.2, -0.15) is 0 Å². The molecule has 9 heteroatoms. The molecule has 32 heavy (non-hydrogen) atoms. The fourth-order valence-electron chi connectivity index (χ4n) is 2.92. The smallest absolute Gasteiger partial charge is 0.259 e. The minimum absolute atomic E-state index is 0.143. The van der Waals surface area contributed by atoms with E-state index >= 15 is 0 Å². The lowest BCUT2D eigenvalue weighted by Gasteiger charge is -2.09. The Bertz CT molecular complexity index is 1270. The Balaban J connectivity index is 1.39. The van der Waals surface area contributed by atoms with Crippen LogP contribution in [0.4, 0.5) is 11.5 Å². The lowest BCUT2D eigenvalue weighted by atomic mass is 10.2. The number of thiazole rings is 1. The van der Waals surface area contributed by atoms with Crippen molar-refractivity contribution in [1.82, 2.24) is 9.97 Å². The van der Waals surface area contributed by atoms with E-state index in [9.17, 15) is 9.59 Å². The zero-order valence-corrected chi connectivity index (χ0v) is 19.0. The number of pyridine rings is 1. The molecular weight excluding hydrogens is 444 g/mol. The third-order valence-corrected chi connectivity index (χ3v) is 6.65. The molecule has 0 spiro atoms. The van der Waals surface area contributed by atoms with Crippen LogP contribution in [0.5, 0.6) is 5.75 Å². The van der Waals surface area contributed by atoms with Crippen molar-refractivity contribution in [1.29, 1.82) is 0 Å². The van der Waals surface area contributed by atoms with Gasteiger partial charge in [-0.15, -0.1) is 11.3 Å². The summed E-state index contributed by atoms with van der Waals surface area (Å²) in [5.41, 5.74) is 2.97. The Morgan fingerprint density at radius 3 is 2.72 bits per heavy atom. The number of carbonyl (C=O) groups excluding carboxylic acids is 2. The molecule has 2 N–H and O–H groups in total. The van der Waals surface area contributed by atoms with Crippen molar-refractivity contribution in [2.45, 2.75) is 11.3 Å². The van der Waals surface area contributed by atoms with Crippen molar-refractivity contribution >= 4 is 56.6 Å². The quantitative estimate of drug-likeness (QED) is 0.374. The van der Waals surface area contributed by atoms with Crippen LogP contribution in [0.15, 0.2) is 65.1 Å². The Labute approximate surface area is 193 Å². The molecule has 0 aliphatic carbocycles. The van der Waals surface area contributed by atoms with Gasteiger partial charge in [0.05, 0.1) is 28.6 Å². The molecule has 0 bridgehead atoms. The number of aromatic nitrogens is 2. The molecular formula is C23H20N4O3S2. The molecule has 0 radical (unpaired) electrons. The van der Waals surface area contributed by atoms with Gasteiger partial charge in [0.15, 0.2) is 4.34 Å². The highest BCUT2D eigenvalue weighted by Gasteiger charge is 2.13. The second-order valence-corrected chi connectivity index (χ2v) is 9.13. The molecule has 4 aromatic rings. The zero-order valence-electron chi connectivity index (χ0n) is 17.4. The summed E-state index contributed by atoms with van der Waals surface area (Å²) in [6.45, 7) is 1.94. The van der Waals surface area contributed by atoms with Crippen molar-refractivity contribution < 1.29 is 14.3 Å². The first-order valence-corrected chi connectivity index (χ1v) is 11.5. The van der Waals surface area contributed by atoms with Gasteiger partial charge in [0.25, 0.3) is 5.91 Å². The number of fused-ring (bicyclic) bond motifs is 1. The predicted octanol–water partition coefficient (Wildman–Crippen LogP) is 4.99. The monoisotopic (exact) mass is 464 g/mol. The molecule has 7 nitrogen and oxygen atoms in total. The number of hydrogen-bond donors (Lipinski definition) is 2. The van der Waals surface area contributed by atoms with Gasteiger partial charge in [0.1, 0.15) is 11.6 Å². The van der Waals surface area contributed by atoms with E-state index in [-0.39, 0.29) is 17.6 Å². The summed E-state index contributed by atoms with van der Waals surface area (Å²) < 4.78 is 6.96. The lowest BCUT2D eigenvalue weighted by molar-refractivity contribution is -0.113. The number of hydrogen-bond acceptors (Lipinski definition) is 7. The number of rotatable bonds is 7. The predicted molar refractivity (Wildman–Crippen MR) is 129 cm³/mol. The standard InChI is InChI=1S/C23H20N4O3S2/c1-14-7-10-20(24-12-14)27-21(28)13-31-23-26-17-9-8-15(11-19(17)32-23)25-22(29)16-5-3-4-6-18(16)30-2/h3-12H,13H2,1-2H3,(H,25,29)(H,24,27,28). The molecule has 0 saturated heterocycles. The number of aryl methyl sites for hydroxylation is 1. The molecule has 0 unspecified atom stereocenters. The highest BCUT2D eigenvalue weighted by Crippen LogP contribution is 2.31. The van der Waals surface area contributed by atoms with Crippen LogP contribution in [0.2, 0.25) is 0 Å². The van der Waals surface area contributed by atoms with E-state index in [1.165, 1.54) is 30.2 Å². The Morgan fingerprint density at radius 2 is 1.94 bits per heavy atom. The topological polar surface area (TPSA) is 93.2 Å². The minimum Gasteiger partial charge on any atom is -0.496 e. The zero-order chi connectivity index (χ0) is 22.5. The van der Waals surface area contributed by atoms with Crippen LogP contribution < -0.4 is 15.4 Å². The molecule has 2 aromatic heterocycles. The summed E-state index contributed by atoms with van der Waals surface area (Å²) >= 11 is 2.83. The number of methoxy groups -OCH3 is 1. The van der Waals surface area contributed by atoms with E-state index in [1.807, 2.05) is 31.2 Å². The normalized spacial score (nSPS) is 10.7. The van der Waals surface area contributed by atoms with Crippen LogP contribution in [0.3, 0.4) is 0 Å². The van der Waals surface area contributed by atoms with Gasteiger partial charge in [-0.05, 0) is 48.9 Å². The maximum Gasteiger partial charge on any atom is 0.259 e. The van der Waals surface area contributed by atoms with Gasteiger partial charge >= 0.3 is 0 Å². The summed E-state index contributed by atoms with van der Waals surface area (Å²) in [7, 11) is 1.53. The first-order chi connectivity index (χ1) is 15.5. The molecule has 0 aliphatic heterocycles. The Morgan fingerprint density at radius 1 is 1.09 bits per heavy atom. The minimum atomic E-state index is -0.248. The van der Waals surface area contributed by atoms with E-state index in [2.05, 4.69) is 20.6 Å². The maximum atomic E-state index is 12.6. The number of nitrogens with zero attached hydrogens (tertiary/aromatic N) is 2. The highest BCUT2D eigenvalue weighted by atomic mass is 32.2. The van der Waals surface area contributed by atoms with E-state index < -0.39 is 0 Å². The van der Waals surface area contributed by atoms with Crippen molar-refractivity contribution in [2.75, 3.05) is 23.5 Å². The number of para-hydroxylation sites is 1. The van der Waals surface area contributed by atoms with Crippen LogP contribution in [0.25, 0.3) is 10.2 Å². The summed E-state index contributed by atoms with van der Waals surface area (Å²) in [5, 5.41) is 5.67. The summed E-state index contributed by atoms with van der Waals surface area (Å²) in [6, 6.07) is 16.3. The number of thioether (sulfide) groups is 1. The first-order valence-electron chi connectivity index (χ1n) is 9.72. The molecule has 0 atom stereocenters. The van der Waals surface area contributed by atoms with E-state index in [0.717, 1.165) is 20.1 Å². The average Bonchev–Trinajstić information content (AvgIpc) is 3.21. The third-order valence-electron chi connectivity index (χ3n) is 4.48. The van der Waals surface area contributed by atoms with Crippen molar-refractivity contribution in [2.24, 2.45) is 0 Å². The number of anilines is 2. The van der Waals surface area contributed by atoms with Crippen molar-refractivity contribution in [3.8, 4) is 5.75 Å². The Hall–Kier alpha value is -3.43. The fraction of sp³-hybridized carbons (Fsp3) is 0.130. The molecule has 0 aliphatic rings. The van der Waals surface area contributed by atoms with Crippen LogP contribution in [-0.2, 0) is 4.79 Å². The van der Waals surface area contributed by atoms with Gasteiger partial charge in [0.2, 0.25) is 5.91 Å². The molecule has 162 valence electrons. The van der Waals surface area contributed by atoms with E-state index in [4.69, 9.17) is 4.74 Å². The van der Waals surface area contributed by atoms with Gasteiger partial charge in [-0.3, -0.25) is 9.59 Å². The SMILES string of the molecule is COc1ccccc1C(=O)Nc1ccc2nc(SCC(=O)Nc3ccc(C)cn3)sc2c1. The van der Waals surface area contributed by atoms with Crippen LogP contribution in [0.1, 0.15) is 15.9 Å². The molecule has 2 heterocycles. The number of ether oxygens (including phenoxy) is 1. The third kappa shape index (κ3) is 5.24. The van der Waals surface area contributed by atoms with Gasteiger partial charge in [-0.1, -0.05) is 30.0 Å². The highest BCUT2D eigenvalue weighted by molar-refractivity contribution is 8.01. The van der Waals surface area contributed by atoms with Crippen molar-refractivity contribution in [3.63, 3.8) is 0 Å². The maximum absolute atomic E-state index is 12.6. The second kappa shape index (κ2) is 9.80. The molecule has 0 fully saturated rings. The van der Waals surface area contributed by atoms with Crippen molar-refractivity contribution in [3.05, 3.63) is 71.9 Å². The Kier molecular flexibility index (Phi) is 6.67. The van der Waals surface area contributed by atoms with Crippen LogP contribution >= 0.6 is 23.1 Å². The van der Waals surface area contributed by atoms with Gasteiger partial charge in [-0.25, -0.2) is 9.97 Å². The van der Waals surface area contributed by atoms with Crippen LogP contribution in [-0.4, -0.2) is 34.6 Å². The summed E-state index contributed by atoms with van der Waals surface area (Å²) in [4.78, 5) is 33.6. The number of amides is 2. The molecule has 4 rings (SSSR count). The molecule has 2 aromatic carbocycles. The van der Waals surface area contributed by atoms with Gasteiger partial charge < -0.3 is 15.4 Å². The van der Waals surface area contributed by atoms with Gasteiger partial charge in [0, 0.05) is 11.9 Å². The fourth-order valence-corrected chi connectivity index (χ4v) is 4.83. The molecule has 0 saturated carbocycles. The summed E-state index contributed by atoms with van der Waals surface area (Å²) in [5.74, 6) is 0.882. The first kappa shape index (κ1) is 21.8. The van der Waals surface area contributed by atoms with Crippen LogP contribution in [0, 0.1) is 6.92 Å². The lowest BCUT2D eigenvalue weighted by Crippen LogP contribution is -2.14. The van der Waals surface area contributed by atoms with E-state index in [0.29, 0.717) is 22.8 Å². The number of carbonyl (C=O) groups is 2. The second-order valence-electron chi connectivity index (χ2n) is 6.87. The number of benzene rings is 2. The average molecular weight is 465 g/mol. The summed E-state index contributed by atoms with van der Waals surface area (Å²) in [6.07, 6.45) is 1.71. The van der Waals surface area contributed by atoms with E-state index in [1.54, 1.807) is 36.5 Å². The number of nitrogens with one attached hydrogen (secondary N) is 2. The molecule has 2 amide bonds.